The number of benzene rings is 2. The Bertz CT molecular complexity index is 829. The maximum absolute atomic E-state index is 12.4. The average molecular weight is 448 g/mol. The van der Waals surface area contributed by atoms with E-state index in [1.54, 1.807) is 12.1 Å². The third-order valence-electron chi connectivity index (χ3n) is 3.25. The molecule has 0 saturated carbocycles. The summed E-state index contributed by atoms with van der Waals surface area (Å²) in [7, 11) is 0. The minimum Gasteiger partial charge on any atom is -0.339 e. The number of alkyl halides is 3. The molecule has 0 bridgehead atoms. The van der Waals surface area contributed by atoms with E-state index >= 15 is 0 Å². The molecule has 0 aromatic heterocycles. The first kappa shape index (κ1) is 21.2. The number of nitro benzene ring substituents is 1. The first-order chi connectivity index (χ1) is 12.7. The van der Waals surface area contributed by atoms with E-state index in [1.165, 1.54) is 24.3 Å². The number of amides is 1. The van der Waals surface area contributed by atoms with Crippen molar-refractivity contribution in [3.05, 3.63) is 70.3 Å². The molecule has 0 radical (unpaired) electrons. The van der Waals surface area contributed by atoms with Crippen LogP contribution in [0, 0.1) is 10.1 Å². The molecule has 0 aliphatic heterocycles. The van der Waals surface area contributed by atoms with Crippen LogP contribution in [-0.4, -0.2) is 25.9 Å². The van der Waals surface area contributed by atoms with Gasteiger partial charge in [0.25, 0.3) is 11.6 Å². The summed E-state index contributed by atoms with van der Waals surface area (Å²) in [4.78, 5) is 22.5. The molecule has 0 heterocycles. The highest BCUT2D eigenvalue weighted by molar-refractivity contribution is 7.80. The molecule has 0 spiro atoms. The molecular weight excluding hydrogens is 435 g/mol. The number of non-ortho nitro benzene ring substituents is 1. The second kappa shape index (κ2) is 9.18. The summed E-state index contributed by atoms with van der Waals surface area (Å²) in [5.41, 5.74) is 0.721. The molecule has 27 heavy (non-hydrogen) atoms. The van der Waals surface area contributed by atoms with E-state index in [4.69, 9.17) is 47.0 Å². The number of nitro groups is 1. The van der Waals surface area contributed by atoms with Gasteiger partial charge in [-0.05, 0) is 36.5 Å². The average Bonchev–Trinajstić information content (AvgIpc) is 2.61. The van der Waals surface area contributed by atoms with Crippen LogP contribution in [0.3, 0.4) is 0 Å². The monoisotopic (exact) mass is 446 g/mol. The van der Waals surface area contributed by atoms with Crippen molar-refractivity contribution in [3.8, 4) is 0 Å². The summed E-state index contributed by atoms with van der Waals surface area (Å²) in [5.74, 6) is -0.601. The molecule has 0 unspecified atom stereocenters. The Balaban J connectivity index is 2.06. The summed E-state index contributed by atoms with van der Waals surface area (Å²) in [6.45, 7) is 0. The number of rotatable bonds is 5. The fourth-order valence-corrected chi connectivity index (χ4v) is 2.53. The fraction of sp³-hybridized carbons (Fsp3) is 0.125. The van der Waals surface area contributed by atoms with Gasteiger partial charge in [0.2, 0.25) is 3.79 Å². The summed E-state index contributed by atoms with van der Waals surface area (Å²) in [6.07, 6.45) is -1.16. The Morgan fingerprint density at radius 3 is 2.15 bits per heavy atom. The van der Waals surface area contributed by atoms with Gasteiger partial charge in [0.05, 0.1) is 4.92 Å². The smallest absolute Gasteiger partial charge is 0.269 e. The Labute approximate surface area is 175 Å². The highest BCUT2D eigenvalue weighted by Gasteiger charge is 2.35. The van der Waals surface area contributed by atoms with Crippen molar-refractivity contribution in [1.29, 1.82) is 0 Å². The molecule has 2 aromatic rings. The quantitative estimate of drug-likeness (QED) is 0.211. The summed E-state index contributed by atoms with van der Waals surface area (Å²) >= 11 is 22.9. The molecule has 7 nitrogen and oxygen atoms in total. The third-order valence-corrected chi connectivity index (χ3v) is 4.12. The molecule has 0 saturated heterocycles. The standard InChI is InChI=1S/C16H13Cl3N4O3S/c17-16(18,19)14(22-15(27)20-11-4-2-1-3-5-11)21-13(24)10-6-8-12(9-7-10)23(25)26/h1-9,14H,(H,21,24)(H2,20,22,27)/t14-/m0/s1. The van der Waals surface area contributed by atoms with Crippen LogP contribution in [0.15, 0.2) is 54.6 Å². The lowest BCUT2D eigenvalue weighted by atomic mass is 10.2. The lowest BCUT2D eigenvalue weighted by Gasteiger charge is -2.27. The maximum Gasteiger partial charge on any atom is 0.269 e. The van der Waals surface area contributed by atoms with Crippen LogP contribution < -0.4 is 16.0 Å². The molecular formula is C16H13Cl3N4O3S. The van der Waals surface area contributed by atoms with Crippen LogP contribution in [0.25, 0.3) is 0 Å². The Morgan fingerprint density at radius 1 is 1.04 bits per heavy atom. The molecule has 142 valence electrons. The minimum absolute atomic E-state index is 0.126. The van der Waals surface area contributed by atoms with Crippen LogP contribution in [0.4, 0.5) is 11.4 Å². The highest BCUT2D eigenvalue weighted by Crippen LogP contribution is 2.29. The molecule has 2 rings (SSSR count). The van der Waals surface area contributed by atoms with Gasteiger partial charge in [-0.1, -0.05) is 53.0 Å². The second-order valence-corrected chi connectivity index (χ2v) is 7.99. The van der Waals surface area contributed by atoms with Crippen molar-refractivity contribution >= 4 is 69.4 Å². The SMILES string of the molecule is O=C(N[C@@H](NC(=S)Nc1ccccc1)C(Cl)(Cl)Cl)c1ccc([N+](=O)[O-])cc1. The Hall–Kier alpha value is -2.13. The predicted octanol–water partition coefficient (Wildman–Crippen LogP) is 4.01. The van der Waals surface area contributed by atoms with Gasteiger partial charge in [0.15, 0.2) is 5.11 Å². The van der Waals surface area contributed by atoms with Crippen LogP contribution in [0.1, 0.15) is 10.4 Å². The number of hydrogen-bond acceptors (Lipinski definition) is 4. The highest BCUT2D eigenvalue weighted by atomic mass is 35.6. The van der Waals surface area contributed by atoms with E-state index in [9.17, 15) is 14.9 Å². The summed E-state index contributed by atoms with van der Waals surface area (Å²) in [5, 5.41) is 18.9. The first-order valence-corrected chi connectivity index (χ1v) is 8.95. The van der Waals surface area contributed by atoms with E-state index in [-0.39, 0.29) is 16.4 Å². The van der Waals surface area contributed by atoms with Gasteiger partial charge in [0, 0.05) is 23.4 Å². The molecule has 11 heteroatoms. The zero-order valence-corrected chi connectivity index (χ0v) is 16.6. The first-order valence-electron chi connectivity index (χ1n) is 7.41. The largest absolute Gasteiger partial charge is 0.339 e. The number of nitrogens with zero attached hydrogens (tertiary/aromatic N) is 1. The van der Waals surface area contributed by atoms with Gasteiger partial charge in [0.1, 0.15) is 6.17 Å². The topological polar surface area (TPSA) is 96.3 Å². The van der Waals surface area contributed by atoms with Crippen LogP contribution in [0.2, 0.25) is 0 Å². The summed E-state index contributed by atoms with van der Waals surface area (Å²) in [6, 6.07) is 14.0. The van der Waals surface area contributed by atoms with Crippen LogP contribution in [0.5, 0.6) is 0 Å². The van der Waals surface area contributed by atoms with Gasteiger partial charge < -0.3 is 16.0 Å². The van der Waals surface area contributed by atoms with Crippen molar-refractivity contribution < 1.29 is 9.72 Å². The number of anilines is 1. The van der Waals surface area contributed by atoms with Gasteiger partial charge in [-0.2, -0.15) is 0 Å². The van der Waals surface area contributed by atoms with Crippen molar-refractivity contribution in [2.24, 2.45) is 0 Å². The van der Waals surface area contributed by atoms with E-state index in [0.717, 1.165) is 0 Å². The lowest BCUT2D eigenvalue weighted by molar-refractivity contribution is -0.384. The molecule has 2 aromatic carbocycles. The second-order valence-electron chi connectivity index (χ2n) is 5.22. The van der Waals surface area contributed by atoms with E-state index in [2.05, 4.69) is 16.0 Å². The number of halogens is 3. The fourth-order valence-electron chi connectivity index (χ4n) is 1.97. The van der Waals surface area contributed by atoms with E-state index in [1.807, 2.05) is 18.2 Å². The lowest BCUT2D eigenvalue weighted by Crippen LogP contribution is -2.56. The number of hydrogen-bond donors (Lipinski definition) is 3. The molecule has 0 fully saturated rings. The third kappa shape index (κ3) is 6.51. The van der Waals surface area contributed by atoms with Gasteiger partial charge in [-0.3, -0.25) is 14.9 Å². The van der Waals surface area contributed by atoms with Crippen molar-refractivity contribution in [2.45, 2.75) is 9.96 Å². The van der Waals surface area contributed by atoms with E-state index in [0.29, 0.717) is 5.69 Å². The normalized spacial score (nSPS) is 12.0. The summed E-state index contributed by atoms with van der Waals surface area (Å²) < 4.78 is -1.92. The van der Waals surface area contributed by atoms with Crippen molar-refractivity contribution in [1.82, 2.24) is 10.6 Å². The van der Waals surface area contributed by atoms with Gasteiger partial charge in [-0.15, -0.1) is 0 Å². The van der Waals surface area contributed by atoms with Crippen LogP contribution >= 0.6 is 47.0 Å². The number of nitrogens with one attached hydrogen (secondary N) is 3. The number of carbonyl (C=O) groups excluding carboxylic acids is 1. The zero-order valence-electron chi connectivity index (χ0n) is 13.5. The predicted molar refractivity (Wildman–Crippen MR) is 110 cm³/mol. The van der Waals surface area contributed by atoms with Gasteiger partial charge in [-0.25, -0.2) is 0 Å². The van der Waals surface area contributed by atoms with Crippen LogP contribution in [-0.2, 0) is 0 Å². The van der Waals surface area contributed by atoms with Crippen molar-refractivity contribution in [2.75, 3.05) is 5.32 Å². The Kier molecular flexibility index (Phi) is 7.20. The molecule has 0 aliphatic carbocycles. The minimum atomic E-state index is -1.92. The molecule has 3 N–H and O–H groups in total. The molecule has 1 atom stereocenters. The van der Waals surface area contributed by atoms with E-state index < -0.39 is 20.8 Å². The maximum atomic E-state index is 12.4. The zero-order chi connectivity index (χ0) is 20.0. The molecule has 0 aliphatic rings. The van der Waals surface area contributed by atoms with Gasteiger partial charge >= 0.3 is 0 Å². The Morgan fingerprint density at radius 2 is 1.63 bits per heavy atom. The number of carbonyl (C=O) groups is 1. The number of para-hydroxylation sites is 1. The van der Waals surface area contributed by atoms with Crippen molar-refractivity contribution in [3.63, 3.8) is 0 Å². The molecule has 1 amide bonds. The number of thiocarbonyl (C=S) groups is 1.